The van der Waals surface area contributed by atoms with Crippen LogP contribution >= 0.6 is 0 Å². The first kappa shape index (κ1) is 12.5. The molecule has 1 aromatic rings. The molecule has 1 aromatic carbocycles. The molecule has 1 saturated heterocycles. The zero-order valence-electron chi connectivity index (χ0n) is 10.8. The maximum atomic E-state index is 11.0. The minimum Gasteiger partial charge on any atom is -0.493 e. The van der Waals surface area contributed by atoms with E-state index in [-0.39, 0.29) is 12.1 Å². The molecule has 1 amide bonds. The van der Waals surface area contributed by atoms with Crippen molar-refractivity contribution in [2.24, 2.45) is 0 Å². The third kappa shape index (κ3) is 2.50. The zero-order valence-corrected chi connectivity index (χ0v) is 10.8. The van der Waals surface area contributed by atoms with E-state index in [0.717, 1.165) is 17.5 Å². The molecule has 0 spiro atoms. The number of aryl methyl sites for hydroxylation is 1. The summed E-state index contributed by atoms with van der Waals surface area (Å²) in [7, 11) is 3.22. The summed E-state index contributed by atoms with van der Waals surface area (Å²) in [6.45, 7) is 2.42. The van der Waals surface area contributed by atoms with Crippen LogP contribution in [-0.2, 0) is 11.2 Å². The molecule has 1 N–H and O–H groups in total. The third-order valence-corrected chi connectivity index (χ3v) is 3.05. The van der Waals surface area contributed by atoms with Crippen molar-refractivity contribution in [2.45, 2.75) is 19.4 Å². The molecule has 5 heteroatoms. The van der Waals surface area contributed by atoms with Crippen molar-refractivity contribution in [3.63, 3.8) is 0 Å². The van der Waals surface area contributed by atoms with E-state index in [1.807, 2.05) is 19.1 Å². The Morgan fingerprint density at radius 2 is 2.00 bits per heavy atom. The van der Waals surface area contributed by atoms with Gasteiger partial charge in [-0.1, -0.05) is 0 Å². The van der Waals surface area contributed by atoms with Gasteiger partial charge in [0.15, 0.2) is 11.5 Å². The van der Waals surface area contributed by atoms with Gasteiger partial charge in [0.1, 0.15) is 6.61 Å². The SMILES string of the molecule is COc1cc(C)c(C[C@H]2COC(=O)N2)cc1OC. The second-order valence-electron chi connectivity index (χ2n) is 4.28. The Labute approximate surface area is 106 Å². The Balaban J connectivity index is 2.19. The predicted molar refractivity (Wildman–Crippen MR) is 66.3 cm³/mol. The minimum absolute atomic E-state index is 0.0225. The van der Waals surface area contributed by atoms with Gasteiger partial charge in [0.05, 0.1) is 20.3 Å². The van der Waals surface area contributed by atoms with E-state index in [1.165, 1.54) is 0 Å². The van der Waals surface area contributed by atoms with Crippen LogP contribution in [0.5, 0.6) is 11.5 Å². The number of nitrogens with one attached hydrogen (secondary N) is 1. The lowest BCUT2D eigenvalue weighted by molar-refractivity contribution is 0.177. The fraction of sp³-hybridized carbons (Fsp3) is 0.462. The maximum Gasteiger partial charge on any atom is 0.407 e. The highest BCUT2D eigenvalue weighted by Gasteiger charge is 2.23. The van der Waals surface area contributed by atoms with Crippen LogP contribution in [0, 0.1) is 6.92 Å². The molecular formula is C13H17NO4. The highest BCUT2D eigenvalue weighted by Crippen LogP contribution is 2.30. The molecule has 1 aliphatic rings. The normalized spacial score (nSPS) is 18.2. The van der Waals surface area contributed by atoms with Crippen LogP contribution in [0.25, 0.3) is 0 Å². The summed E-state index contributed by atoms with van der Waals surface area (Å²) in [6, 6.07) is 3.90. The smallest absolute Gasteiger partial charge is 0.407 e. The molecule has 0 saturated carbocycles. The predicted octanol–water partition coefficient (Wildman–Crippen LogP) is 1.66. The Morgan fingerprint density at radius 3 is 2.56 bits per heavy atom. The van der Waals surface area contributed by atoms with Gasteiger partial charge in [0.25, 0.3) is 0 Å². The Kier molecular flexibility index (Phi) is 3.60. The lowest BCUT2D eigenvalue weighted by atomic mass is 10.0. The Hall–Kier alpha value is -1.91. The Morgan fingerprint density at radius 1 is 1.33 bits per heavy atom. The van der Waals surface area contributed by atoms with Crippen molar-refractivity contribution in [2.75, 3.05) is 20.8 Å². The van der Waals surface area contributed by atoms with Crippen molar-refractivity contribution in [1.82, 2.24) is 5.32 Å². The van der Waals surface area contributed by atoms with Gasteiger partial charge in [-0.15, -0.1) is 0 Å². The van der Waals surface area contributed by atoms with Crippen LogP contribution in [0.4, 0.5) is 4.79 Å². The summed E-state index contributed by atoms with van der Waals surface area (Å²) in [5, 5.41) is 2.76. The molecule has 18 heavy (non-hydrogen) atoms. The molecule has 0 aromatic heterocycles. The number of rotatable bonds is 4. The number of amides is 1. The van der Waals surface area contributed by atoms with Gasteiger partial charge < -0.3 is 19.5 Å². The number of hydrogen-bond acceptors (Lipinski definition) is 4. The first-order valence-corrected chi connectivity index (χ1v) is 5.79. The average molecular weight is 251 g/mol. The molecule has 0 unspecified atom stereocenters. The Bertz CT molecular complexity index is 459. The second-order valence-corrected chi connectivity index (χ2v) is 4.28. The van der Waals surface area contributed by atoms with Crippen LogP contribution in [-0.4, -0.2) is 33.0 Å². The lowest BCUT2D eigenvalue weighted by Crippen LogP contribution is -2.28. The highest BCUT2D eigenvalue weighted by molar-refractivity contribution is 5.69. The van der Waals surface area contributed by atoms with Crippen molar-refractivity contribution in [3.05, 3.63) is 23.3 Å². The van der Waals surface area contributed by atoms with Gasteiger partial charge >= 0.3 is 6.09 Å². The van der Waals surface area contributed by atoms with E-state index in [1.54, 1.807) is 14.2 Å². The first-order chi connectivity index (χ1) is 8.63. The van der Waals surface area contributed by atoms with Gasteiger partial charge in [-0.2, -0.15) is 0 Å². The monoisotopic (exact) mass is 251 g/mol. The van der Waals surface area contributed by atoms with Crippen molar-refractivity contribution in [1.29, 1.82) is 0 Å². The largest absolute Gasteiger partial charge is 0.493 e. The number of benzene rings is 1. The highest BCUT2D eigenvalue weighted by atomic mass is 16.6. The number of methoxy groups -OCH3 is 2. The zero-order chi connectivity index (χ0) is 13.1. The third-order valence-electron chi connectivity index (χ3n) is 3.05. The van der Waals surface area contributed by atoms with E-state index in [2.05, 4.69) is 5.32 Å². The fourth-order valence-electron chi connectivity index (χ4n) is 2.04. The minimum atomic E-state index is -0.349. The van der Waals surface area contributed by atoms with E-state index in [9.17, 15) is 4.79 Å². The van der Waals surface area contributed by atoms with Crippen LogP contribution in [0.1, 0.15) is 11.1 Å². The summed E-state index contributed by atoms with van der Waals surface area (Å²) in [5.41, 5.74) is 2.22. The van der Waals surface area contributed by atoms with Gasteiger partial charge in [0, 0.05) is 0 Å². The average Bonchev–Trinajstić information content (AvgIpc) is 2.77. The summed E-state index contributed by atoms with van der Waals surface area (Å²) in [5.74, 6) is 1.41. The molecule has 0 bridgehead atoms. The van der Waals surface area contributed by atoms with Crippen molar-refractivity contribution < 1.29 is 19.0 Å². The summed E-state index contributed by atoms with van der Waals surface area (Å²) in [4.78, 5) is 11.0. The molecule has 5 nitrogen and oxygen atoms in total. The molecule has 0 aliphatic carbocycles. The number of cyclic esters (lactones) is 1. The van der Waals surface area contributed by atoms with Crippen LogP contribution in [0.15, 0.2) is 12.1 Å². The van der Waals surface area contributed by atoms with E-state index in [0.29, 0.717) is 18.1 Å². The summed E-state index contributed by atoms with van der Waals surface area (Å²) < 4.78 is 15.4. The summed E-state index contributed by atoms with van der Waals surface area (Å²) >= 11 is 0. The topological polar surface area (TPSA) is 56.8 Å². The molecule has 0 radical (unpaired) electrons. The van der Waals surface area contributed by atoms with E-state index >= 15 is 0 Å². The van der Waals surface area contributed by atoms with Gasteiger partial charge in [-0.3, -0.25) is 0 Å². The van der Waals surface area contributed by atoms with Crippen molar-refractivity contribution >= 4 is 6.09 Å². The second kappa shape index (κ2) is 5.16. The van der Waals surface area contributed by atoms with Crippen LogP contribution in [0.3, 0.4) is 0 Å². The molecule has 2 rings (SSSR count). The molecular weight excluding hydrogens is 234 g/mol. The first-order valence-electron chi connectivity index (χ1n) is 5.79. The summed E-state index contributed by atoms with van der Waals surface area (Å²) in [6.07, 6.45) is 0.371. The number of carbonyl (C=O) groups excluding carboxylic acids is 1. The number of hydrogen-bond donors (Lipinski definition) is 1. The van der Waals surface area contributed by atoms with Crippen LogP contribution in [0.2, 0.25) is 0 Å². The molecule has 1 fully saturated rings. The number of carbonyl (C=O) groups is 1. The van der Waals surface area contributed by atoms with Gasteiger partial charge in [-0.05, 0) is 36.6 Å². The van der Waals surface area contributed by atoms with Gasteiger partial charge in [0.2, 0.25) is 0 Å². The maximum absolute atomic E-state index is 11.0. The van der Waals surface area contributed by atoms with Crippen molar-refractivity contribution in [3.8, 4) is 11.5 Å². The van der Waals surface area contributed by atoms with E-state index < -0.39 is 0 Å². The standard InChI is InChI=1S/C13H17NO4/c1-8-4-11(16-2)12(17-3)6-9(8)5-10-7-18-13(15)14-10/h4,6,10H,5,7H2,1-3H3,(H,14,15)/t10-/m0/s1. The molecule has 1 heterocycles. The molecule has 1 aliphatic heterocycles. The number of alkyl carbamates (subject to hydrolysis) is 1. The van der Waals surface area contributed by atoms with E-state index in [4.69, 9.17) is 14.2 Å². The quantitative estimate of drug-likeness (QED) is 0.884. The molecule has 1 atom stereocenters. The molecule has 98 valence electrons. The van der Waals surface area contributed by atoms with Gasteiger partial charge in [-0.25, -0.2) is 4.79 Å². The lowest BCUT2D eigenvalue weighted by Gasteiger charge is -2.14. The fourth-order valence-corrected chi connectivity index (χ4v) is 2.04. The number of ether oxygens (including phenoxy) is 3. The van der Waals surface area contributed by atoms with Crippen LogP contribution < -0.4 is 14.8 Å².